The van der Waals surface area contributed by atoms with Crippen molar-refractivity contribution in [2.75, 3.05) is 6.61 Å². The van der Waals surface area contributed by atoms with E-state index in [1.165, 1.54) is 0 Å². The smallest absolute Gasteiger partial charge is 0.382 e. The van der Waals surface area contributed by atoms with Crippen LogP contribution in [0.2, 0.25) is 0 Å². The third-order valence-corrected chi connectivity index (χ3v) is 4.29. The minimum atomic E-state index is -1.48. The van der Waals surface area contributed by atoms with Crippen LogP contribution in [0.4, 0.5) is 0 Å². The van der Waals surface area contributed by atoms with Crippen LogP contribution in [-0.4, -0.2) is 29.4 Å². The Labute approximate surface area is 140 Å². The summed E-state index contributed by atoms with van der Waals surface area (Å²) in [5.74, 6) is -1.42. The molecule has 0 heterocycles. The average Bonchev–Trinajstić information content (AvgIpc) is 2.89. The van der Waals surface area contributed by atoms with Crippen LogP contribution in [-0.2, 0) is 16.0 Å². The zero-order chi connectivity index (χ0) is 17.1. The largest absolute Gasteiger partial charge is 0.461 e. The molecule has 23 heavy (non-hydrogen) atoms. The fourth-order valence-electron chi connectivity index (χ4n) is 2.61. The molecular formula is C15H15BrN2O5. The van der Waals surface area contributed by atoms with E-state index in [4.69, 9.17) is 10.5 Å². The van der Waals surface area contributed by atoms with E-state index < -0.39 is 22.8 Å². The Bertz CT molecular complexity index is 714. The van der Waals surface area contributed by atoms with Gasteiger partial charge in [-0.15, -0.1) is 0 Å². The zero-order valence-corrected chi connectivity index (χ0v) is 14.0. The molecule has 7 nitrogen and oxygen atoms in total. The fraction of sp³-hybridized carbons (Fsp3) is 0.333. The lowest BCUT2D eigenvalue weighted by atomic mass is 9.96. The van der Waals surface area contributed by atoms with Gasteiger partial charge in [0.25, 0.3) is 0 Å². The Balaban J connectivity index is 2.35. The van der Waals surface area contributed by atoms with Crippen LogP contribution in [0.15, 0.2) is 22.7 Å². The van der Waals surface area contributed by atoms with E-state index in [9.17, 15) is 19.7 Å². The molecule has 1 unspecified atom stereocenters. The molecule has 0 saturated carbocycles. The molecule has 1 atom stereocenters. The summed E-state index contributed by atoms with van der Waals surface area (Å²) < 4.78 is 5.46. The first-order chi connectivity index (χ1) is 10.9. The molecule has 1 aliphatic rings. The van der Waals surface area contributed by atoms with Crippen molar-refractivity contribution in [2.45, 2.75) is 25.8 Å². The number of nitrogens with two attached hydrogens (primary N) is 1. The number of primary amides is 1. The maximum atomic E-state index is 11.8. The number of allylic oxidation sites excluding steroid dienone is 1. The highest BCUT2D eigenvalue weighted by atomic mass is 79.9. The molecule has 0 saturated heterocycles. The molecule has 1 aromatic carbocycles. The van der Waals surface area contributed by atoms with Gasteiger partial charge in [0.15, 0.2) is 0 Å². The van der Waals surface area contributed by atoms with E-state index in [1.54, 1.807) is 25.1 Å². The molecule has 0 bridgehead atoms. The van der Waals surface area contributed by atoms with E-state index >= 15 is 0 Å². The van der Waals surface area contributed by atoms with Crippen molar-refractivity contribution >= 4 is 33.4 Å². The summed E-state index contributed by atoms with van der Waals surface area (Å²) >= 11 is 3.39. The number of esters is 1. The second-order valence-corrected chi connectivity index (χ2v) is 5.86. The van der Waals surface area contributed by atoms with Gasteiger partial charge in [-0.05, 0) is 42.2 Å². The number of hydrogen-bond donors (Lipinski definition) is 1. The first kappa shape index (κ1) is 17.1. The van der Waals surface area contributed by atoms with E-state index in [0.29, 0.717) is 33.2 Å². The van der Waals surface area contributed by atoms with Crippen molar-refractivity contribution in [3.63, 3.8) is 0 Å². The Morgan fingerprint density at radius 3 is 2.74 bits per heavy atom. The lowest BCUT2D eigenvalue weighted by molar-refractivity contribution is -0.509. The SMILES string of the molecule is CCOC(=O)C(CC1=CCc2c(C(N)=O)ccc(Br)c21)[N+](=O)[O-]. The maximum Gasteiger partial charge on any atom is 0.382 e. The molecule has 1 aromatic rings. The van der Waals surface area contributed by atoms with Crippen LogP contribution in [0.1, 0.15) is 34.8 Å². The van der Waals surface area contributed by atoms with Gasteiger partial charge in [0.05, 0.1) is 13.0 Å². The van der Waals surface area contributed by atoms with Crippen molar-refractivity contribution < 1.29 is 19.2 Å². The Morgan fingerprint density at radius 1 is 1.48 bits per heavy atom. The van der Waals surface area contributed by atoms with Gasteiger partial charge in [-0.25, -0.2) is 4.79 Å². The summed E-state index contributed by atoms with van der Waals surface area (Å²) in [5.41, 5.74) is 7.77. The third-order valence-electron chi connectivity index (χ3n) is 3.63. The van der Waals surface area contributed by atoms with Gasteiger partial charge < -0.3 is 10.5 Å². The third kappa shape index (κ3) is 3.42. The Morgan fingerprint density at radius 2 is 2.17 bits per heavy atom. The van der Waals surface area contributed by atoms with Crippen LogP contribution < -0.4 is 5.73 Å². The molecule has 1 amide bonds. The van der Waals surface area contributed by atoms with Crippen LogP contribution in [0, 0.1) is 10.1 Å². The van der Waals surface area contributed by atoms with Gasteiger partial charge in [-0.1, -0.05) is 22.0 Å². The number of carbonyl (C=O) groups excluding carboxylic acids is 2. The Hall–Kier alpha value is -2.22. The normalized spacial score (nSPS) is 13.9. The van der Waals surface area contributed by atoms with Crippen molar-refractivity contribution in [1.29, 1.82) is 0 Å². The summed E-state index contributed by atoms with van der Waals surface area (Å²) in [6.45, 7) is 1.67. The first-order valence-electron chi connectivity index (χ1n) is 6.97. The molecule has 0 fully saturated rings. The van der Waals surface area contributed by atoms with E-state index in [2.05, 4.69) is 15.9 Å². The number of nitrogens with zero attached hydrogens (tertiary/aromatic N) is 1. The van der Waals surface area contributed by atoms with Crippen molar-refractivity contribution in [2.24, 2.45) is 5.73 Å². The summed E-state index contributed by atoms with van der Waals surface area (Å²) in [5, 5.41) is 11.2. The highest BCUT2D eigenvalue weighted by molar-refractivity contribution is 9.10. The molecule has 0 spiro atoms. The molecule has 2 rings (SSSR count). The van der Waals surface area contributed by atoms with Crippen LogP contribution in [0.25, 0.3) is 5.57 Å². The van der Waals surface area contributed by atoms with Crippen molar-refractivity contribution in [1.82, 2.24) is 0 Å². The molecular weight excluding hydrogens is 368 g/mol. The highest BCUT2D eigenvalue weighted by Crippen LogP contribution is 2.38. The summed E-state index contributed by atoms with van der Waals surface area (Å²) in [7, 11) is 0. The quantitative estimate of drug-likeness (QED) is 0.459. The zero-order valence-electron chi connectivity index (χ0n) is 12.4. The topological polar surface area (TPSA) is 113 Å². The molecule has 122 valence electrons. The van der Waals surface area contributed by atoms with Crippen molar-refractivity contribution in [3.8, 4) is 0 Å². The fourth-order valence-corrected chi connectivity index (χ4v) is 3.24. The number of carbonyl (C=O) groups is 2. The Kier molecular flexibility index (Phi) is 5.15. The molecule has 0 aliphatic heterocycles. The van der Waals surface area contributed by atoms with E-state index in [0.717, 1.165) is 0 Å². The molecule has 0 aromatic heterocycles. The molecule has 1 aliphatic carbocycles. The summed E-state index contributed by atoms with van der Waals surface area (Å²) in [4.78, 5) is 33.8. The predicted molar refractivity (Wildman–Crippen MR) is 86.4 cm³/mol. The highest BCUT2D eigenvalue weighted by Gasteiger charge is 2.35. The lowest BCUT2D eigenvalue weighted by Crippen LogP contribution is -2.31. The van der Waals surface area contributed by atoms with E-state index in [1.807, 2.05) is 0 Å². The number of rotatable bonds is 6. The number of amides is 1. The van der Waals surface area contributed by atoms with Crippen LogP contribution in [0.5, 0.6) is 0 Å². The number of fused-ring (bicyclic) bond motifs is 1. The second kappa shape index (κ2) is 6.91. The van der Waals surface area contributed by atoms with Crippen LogP contribution in [0.3, 0.4) is 0 Å². The summed E-state index contributed by atoms with van der Waals surface area (Å²) in [6, 6.07) is 1.80. The minimum Gasteiger partial charge on any atom is -0.461 e. The van der Waals surface area contributed by atoms with Crippen molar-refractivity contribution in [3.05, 3.63) is 49.5 Å². The van der Waals surface area contributed by atoms with Gasteiger partial charge in [0, 0.05) is 15.0 Å². The average molecular weight is 383 g/mol. The number of hydrogen-bond acceptors (Lipinski definition) is 5. The summed E-state index contributed by atoms with van der Waals surface area (Å²) in [6.07, 6.45) is 2.12. The lowest BCUT2D eigenvalue weighted by Gasteiger charge is -2.13. The van der Waals surface area contributed by atoms with Gasteiger partial charge in [0.2, 0.25) is 5.91 Å². The monoisotopic (exact) mass is 382 g/mol. The molecule has 2 N–H and O–H groups in total. The number of benzene rings is 1. The number of nitro groups is 1. The minimum absolute atomic E-state index is 0.0777. The van der Waals surface area contributed by atoms with Gasteiger partial charge >= 0.3 is 12.0 Å². The standard InChI is InChI=1S/C15H15BrN2O5/c1-2-23-15(20)12(18(21)22)7-8-3-4-9-10(14(17)19)5-6-11(16)13(8)9/h3,5-6,12H,2,4,7H2,1H3,(H2,17,19). The van der Waals surface area contributed by atoms with Gasteiger partial charge in [-0.3, -0.25) is 14.9 Å². The number of halogens is 1. The predicted octanol–water partition coefficient (Wildman–Crippen LogP) is 2.09. The first-order valence-corrected chi connectivity index (χ1v) is 7.76. The molecule has 0 radical (unpaired) electrons. The van der Waals surface area contributed by atoms with Crippen LogP contribution >= 0.6 is 15.9 Å². The van der Waals surface area contributed by atoms with Gasteiger partial charge in [0.1, 0.15) is 0 Å². The van der Waals surface area contributed by atoms with Gasteiger partial charge in [-0.2, -0.15) is 0 Å². The maximum absolute atomic E-state index is 11.8. The van der Waals surface area contributed by atoms with E-state index in [-0.39, 0.29) is 13.0 Å². The number of ether oxygens (including phenoxy) is 1. The molecule has 8 heteroatoms. The second-order valence-electron chi connectivity index (χ2n) is 5.00.